The predicted octanol–water partition coefficient (Wildman–Crippen LogP) is 4.24. The van der Waals surface area contributed by atoms with Crippen molar-refractivity contribution in [2.45, 2.75) is 32.4 Å². The van der Waals surface area contributed by atoms with E-state index in [0.717, 1.165) is 29.8 Å². The molecule has 1 heterocycles. The summed E-state index contributed by atoms with van der Waals surface area (Å²) in [6, 6.07) is 18.6. The third kappa shape index (κ3) is 4.20. The highest BCUT2D eigenvalue weighted by Crippen LogP contribution is 2.32. The molecule has 1 aliphatic rings. The molecule has 4 nitrogen and oxygen atoms in total. The highest BCUT2D eigenvalue weighted by molar-refractivity contribution is 5.72. The van der Waals surface area contributed by atoms with Crippen LogP contribution in [-0.2, 0) is 4.74 Å². The number of carbonyl (C=O) groups excluding carboxylic acids is 1. The van der Waals surface area contributed by atoms with Crippen molar-refractivity contribution in [1.29, 1.82) is 0 Å². The topological polar surface area (TPSA) is 41.6 Å². The maximum Gasteiger partial charge on any atom is 0.410 e. The van der Waals surface area contributed by atoms with Crippen LogP contribution in [0.3, 0.4) is 0 Å². The van der Waals surface area contributed by atoms with E-state index in [0.29, 0.717) is 6.54 Å². The molecule has 0 radical (unpaired) electrons. The second kappa shape index (κ2) is 7.28. The van der Waals surface area contributed by atoms with Crippen LogP contribution in [0.2, 0.25) is 0 Å². The van der Waals surface area contributed by atoms with Crippen LogP contribution in [-0.4, -0.2) is 36.2 Å². The van der Waals surface area contributed by atoms with Gasteiger partial charge in [0.05, 0.1) is 6.04 Å². The molecule has 2 aromatic rings. The molecule has 2 aromatic carbocycles. The predicted molar refractivity (Wildman–Crippen MR) is 100 cm³/mol. The minimum Gasteiger partial charge on any atom is -0.444 e. The van der Waals surface area contributed by atoms with Crippen molar-refractivity contribution in [3.63, 3.8) is 0 Å². The Morgan fingerprint density at radius 3 is 2.48 bits per heavy atom. The molecule has 1 amide bonds. The Hall–Kier alpha value is -2.33. The van der Waals surface area contributed by atoms with Gasteiger partial charge < -0.3 is 10.1 Å². The number of amides is 1. The molecule has 1 fully saturated rings. The van der Waals surface area contributed by atoms with Crippen LogP contribution in [0.4, 0.5) is 4.79 Å². The lowest BCUT2D eigenvalue weighted by Gasteiger charge is -2.38. The molecule has 4 heteroatoms. The highest BCUT2D eigenvalue weighted by atomic mass is 16.6. The Bertz CT molecular complexity index is 722. The third-order valence-electron chi connectivity index (χ3n) is 4.28. The summed E-state index contributed by atoms with van der Waals surface area (Å²) in [6.45, 7) is 7.86. The van der Waals surface area contributed by atoms with Crippen molar-refractivity contribution in [2.24, 2.45) is 0 Å². The second-order valence-corrected chi connectivity index (χ2v) is 7.35. The SMILES string of the molecule is CC(C)(C)OC(=O)N1CCNCC1c1ccccc1-c1ccccc1. The average molecular weight is 338 g/mol. The van der Waals surface area contributed by atoms with Gasteiger partial charge in [0.15, 0.2) is 0 Å². The van der Waals surface area contributed by atoms with Gasteiger partial charge in [0, 0.05) is 19.6 Å². The smallest absolute Gasteiger partial charge is 0.410 e. The highest BCUT2D eigenvalue weighted by Gasteiger charge is 2.32. The first-order valence-corrected chi connectivity index (χ1v) is 8.80. The van der Waals surface area contributed by atoms with Crippen LogP contribution < -0.4 is 5.32 Å². The number of hydrogen-bond acceptors (Lipinski definition) is 3. The fourth-order valence-corrected chi connectivity index (χ4v) is 3.19. The lowest BCUT2D eigenvalue weighted by Crippen LogP contribution is -2.50. The minimum atomic E-state index is -0.495. The fourth-order valence-electron chi connectivity index (χ4n) is 3.19. The largest absolute Gasteiger partial charge is 0.444 e. The first-order valence-electron chi connectivity index (χ1n) is 8.80. The number of nitrogens with one attached hydrogen (secondary N) is 1. The number of ether oxygens (including phenoxy) is 1. The summed E-state index contributed by atoms with van der Waals surface area (Å²) in [4.78, 5) is 14.6. The van der Waals surface area contributed by atoms with Crippen LogP contribution in [0.1, 0.15) is 32.4 Å². The molecule has 1 atom stereocenters. The zero-order valence-corrected chi connectivity index (χ0v) is 15.2. The molecule has 0 aromatic heterocycles. The van der Waals surface area contributed by atoms with Crippen molar-refractivity contribution in [3.8, 4) is 11.1 Å². The van der Waals surface area contributed by atoms with Crippen LogP contribution >= 0.6 is 0 Å². The summed E-state index contributed by atoms with van der Waals surface area (Å²) in [7, 11) is 0. The van der Waals surface area contributed by atoms with E-state index < -0.39 is 5.60 Å². The van der Waals surface area contributed by atoms with E-state index >= 15 is 0 Å². The molecule has 3 rings (SSSR count). The van der Waals surface area contributed by atoms with Gasteiger partial charge in [-0.1, -0.05) is 54.6 Å². The summed E-state index contributed by atoms with van der Waals surface area (Å²) >= 11 is 0. The van der Waals surface area contributed by atoms with Crippen molar-refractivity contribution < 1.29 is 9.53 Å². The van der Waals surface area contributed by atoms with E-state index in [1.165, 1.54) is 0 Å². The molecule has 1 N–H and O–H groups in total. The Labute approximate surface area is 149 Å². The van der Waals surface area contributed by atoms with Gasteiger partial charge in [0.1, 0.15) is 5.60 Å². The van der Waals surface area contributed by atoms with Crippen molar-refractivity contribution in [2.75, 3.05) is 19.6 Å². The number of carbonyl (C=O) groups is 1. The van der Waals surface area contributed by atoms with Gasteiger partial charge >= 0.3 is 6.09 Å². The number of nitrogens with zero attached hydrogens (tertiary/aromatic N) is 1. The van der Waals surface area contributed by atoms with Gasteiger partial charge in [-0.3, -0.25) is 4.90 Å². The first-order chi connectivity index (χ1) is 12.0. The number of piperazine rings is 1. The molecule has 1 saturated heterocycles. The summed E-state index contributed by atoms with van der Waals surface area (Å²) < 4.78 is 5.63. The Morgan fingerprint density at radius 2 is 1.76 bits per heavy atom. The van der Waals surface area contributed by atoms with Crippen LogP contribution in [0.25, 0.3) is 11.1 Å². The van der Waals surface area contributed by atoms with E-state index in [4.69, 9.17) is 4.74 Å². The van der Waals surface area contributed by atoms with E-state index in [-0.39, 0.29) is 12.1 Å². The molecule has 1 unspecified atom stereocenters. The molecule has 1 aliphatic heterocycles. The van der Waals surface area contributed by atoms with Gasteiger partial charge in [0.25, 0.3) is 0 Å². The molecule has 0 spiro atoms. The average Bonchev–Trinajstić information content (AvgIpc) is 2.61. The molecule has 25 heavy (non-hydrogen) atoms. The Kier molecular flexibility index (Phi) is 5.09. The van der Waals surface area contributed by atoms with E-state index in [1.807, 2.05) is 56.0 Å². The molecule has 132 valence electrons. The second-order valence-electron chi connectivity index (χ2n) is 7.35. The van der Waals surface area contributed by atoms with Gasteiger partial charge in [-0.05, 0) is 37.5 Å². The zero-order chi connectivity index (χ0) is 17.9. The maximum atomic E-state index is 12.7. The summed E-state index contributed by atoms with van der Waals surface area (Å²) in [6.07, 6.45) is -0.248. The number of rotatable bonds is 2. The van der Waals surface area contributed by atoms with Gasteiger partial charge in [-0.15, -0.1) is 0 Å². The number of benzene rings is 2. The molecular weight excluding hydrogens is 312 g/mol. The monoisotopic (exact) mass is 338 g/mol. The fraction of sp³-hybridized carbons (Fsp3) is 0.381. The normalized spacial score (nSPS) is 18.0. The quantitative estimate of drug-likeness (QED) is 0.891. The number of hydrogen-bond donors (Lipinski definition) is 1. The van der Waals surface area contributed by atoms with Crippen molar-refractivity contribution in [1.82, 2.24) is 10.2 Å². The molecule has 0 bridgehead atoms. The third-order valence-corrected chi connectivity index (χ3v) is 4.28. The van der Waals surface area contributed by atoms with Crippen molar-refractivity contribution in [3.05, 3.63) is 60.2 Å². The Morgan fingerprint density at radius 1 is 1.08 bits per heavy atom. The van der Waals surface area contributed by atoms with Crippen LogP contribution in [0, 0.1) is 0 Å². The summed E-state index contributed by atoms with van der Waals surface area (Å²) in [5.74, 6) is 0. The van der Waals surface area contributed by atoms with Gasteiger partial charge in [-0.2, -0.15) is 0 Å². The molecular formula is C21H26N2O2. The summed E-state index contributed by atoms with van der Waals surface area (Å²) in [5.41, 5.74) is 2.97. The summed E-state index contributed by atoms with van der Waals surface area (Å²) in [5, 5.41) is 3.41. The lowest BCUT2D eigenvalue weighted by molar-refractivity contribution is 0.0118. The standard InChI is InChI=1S/C21H26N2O2/c1-21(2,3)25-20(24)23-14-13-22-15-19(23)18-12-8-7-11-17(18)16-9-5-4-6-10-16/h4-12,19,22H,13-15H2,1-3H3. The van der Waals surface area contributed by atoms with E-state index in [1.54, 1.807) is 0 Å². The van der Waals surface area contributed by atoms with Gasteiger partial charge in [0.2, 0.25) is 0 Å². The van der Waals surface area contributed by atoms with Crippen molar-refractivity contribution >= 4 is 6.09 Å². The van der Waals surface area contributed by atoms with Crippen LogP contribution in [0.15, 0.2) is 54.6 Å². The van der Waals surface area contributed by atoms with Gasteiger partial charge in [-0.25, -0.2) is 4.79 Å². The maximum absolute atomic E-state index is 12.7. The zero-order valence-electron chi connectivity index (χ0n) is 15.2. The van der Waals surface area contributed by atoms with E-state index in [9.17, 15) is 4.79 Å². The first kappa shape index (κ1) is 17.5. The Balaban J connectivity index is 1.95. The lowest BCUT2D eigenvalue weighted by atomic mass is 9.93. The molecule has 0 saturated carbocycles. The molecule has 0 aliphatic carbocycles. The van der Waals surface area contributed by atoms with Crippen LogP contribution in [0.5, 0.6) is 0 Å². The minimum absolute atomic E-state index is 0.0417. The van der Waals surface area contributed by atoms with E-state index in [2.05, 4.69) is 29.6 Å².